The zero-order chi connectivity index (χ0) is 11.2. The minimum Gasteiger partial charge on any atom is -0.344 e. The van der Waals surface area contributed by atoms with E-state index >= 15 is 0 Å². The van der Waals surface area contributed by atoms with Crippen LogP contribution in [0.1, 0.15) is 16.2 Å². The number of carbonyl (C=O) groups excluding carboxylic acids is 1. The fraction of sp³-hybridized carbons (Fsp3) is 0. The summed E-state index contributed by atoms with van der Waals surface area (Å²) in [5, 5.41) is 3.75. The molecule has 1 amide bonds. The molecule has 0 aliphatic carbocycles. The van der Waals surface area contributed by atoms with Gasteiger partial charge in [-0.05, 0) is 12.1 Å². The minimum absolute atomic E-state index is 0.287. The van der Waals surface area contributed by atoms with E-state index in [0.717, 1.165) is 0 Å². The molecule has 0 saturated carbocycles. The second kappa shape index (κ2) is 4.83. The van der Waals surface area contributed by atoms with Gasteiger partial charge in [0, 0.05) is 30.4 Å². The maximum Gasteiger partial charge on any atom is 0.271 e. The Morgan fingerprint density at radius 2 is 2.19 bits per heavy atom. The molecule has 6 nitrogen and oxygen atoms in total. The Hall–Kier alpha value is -2.50. The second-order valence-corrected chi connectivity index (χ2v) is 2.91. The number of carbonyl (C=O) groups is 1. The van der Waals surface area contributed by atoms with E-state index in [9.17, 15) is 4.79 Å². The molecule has 2 N–H and O–H groups in total. The molecule has 0 atom stereocenters. The maximum absolute atomic E-state index is 11.5. The van der Waals surface area contributed by atoms with Crippen LogP contribution in [0.3, 0.4) is 0 Å². The van der Waals surface area contributed by atoms with Crippen molar-refractivity contribution < 1.29 is 4.79 Å². The number of pyridine rings is 1. The Labute approximate surface area is 91.4 Å². The van der Waals surface area contributed by atoms with Crippen LogP contribution < -0.4 is 5.43 Å². The Morgan fingerprint density at radius 3 is 2.88 bits per heavy atom. The molecule has 0 unspecified atom stereocenters. The van der Waals surface area contributed by atoms with Crippen molar-refractivity contribution in [1.29, 1.82) is 0 Å². The highest BCUT2D eigenvalue weighted by Gasteiger charge is 2.01. The molecule has 0 radical (unpaired) electrons. The molecule has 0 bridgehead atoms. The Morgan fingerprint density at radius 1 is 1.38 bits per heavy atom. The van der Waals surface area contributed by atoms with Crippen LogP contribution in [0.4, 0.5) is 0 Å². The molecule has 6 heteroatoms. The van der Waals surface area contributed by atoms with Crippen molar-refractivity contribution in [2.75, 3.05) is 0 Å². The van der Waals surface area contributed by atoms with Crippen molar-refractivity contribution in [2.24, 2.45) is 5.10 Å². The number of amides is 1. The lowest BCUT2D eigenvalue weighted by atomic mass is 10.3. The third-order valence-electron chi connectivity index (χ3n) is 1.81. The smallest absolute Gasteiger partial charge is 0.271 e. The van der Waals surface area contributed by atoms with Crippen LogP contribution in [0.5, 0.6) is 0 Å². The number of nitrogens with one attached hydrogen (secondary N) is 2. The molecule has 0 fully saturated rings. The lowest BCUT2D eigenvalue weighted by Gasteiger charge is -1.97. The average Bonchev–Trinajstić information content (AvgIpc) is 2.83. The van der Waals surface area contributed by atoms with Crippen molar-refractivity contribution in [3.05, 3.63) is 48.3 Å². The number of rotatable bonds is 3. The van der Waals surface area contributed by atoms with Gasteiger partial charge >= 0.3 is 0 Å². The molecule has 0 saturated heterocycles. The molecule has 2 rings (SSSR count). The highest BCUT2D eigenvalue weighted by atomic mass is 16.2. The maximum atomic E-state index is 11.5. The largest absolute Gasteiger partial charge is 0.344 e. The highest BCUT2D eigenvalue weighted by molar-refractivity contribution is 5.94. The van der Waals surface area contributed by atoms with Gasteiger partial charge in [-0.15, -0.1) is 0 Å². The van der Waals surface area contributed by atoms with E-state index in [0.29, 0.717) is 11.4 Å². The van der Waals surface area contributed by atoms with Crippen molar-refractivity contribution in [1.82, 2.24) is 20.4 Å². The summed E-state index contributed by atoms with van der Waals surface area (Å²) in [5.74, 6) is 0.292. The number of H-pyrrole nitrogens is 1. The SMILES string of the molecule is O=C(N/N=C\c1ncc[nH]1)c1ccncc1. The van der Waals surface area contributed by atoms with Crippen LogP contribution >= 0.6 is 0 Å². The van der Waals surface area contributed by atoms with Gasteiger partial charge in [0.15, 0.2) is 0 Å². The van der Waals surface area contributed by atoms with Crippen molar-refractivity contribution in [3.8, 4) is 0 Å². The summed E-state index contributed by atoms with van der Waals surface area (Å²) in [6, 6.07) is 3.22. The predicted octanol–water partition coefficient (Wildman–Crippen LogP) is 0.569. The van der Waals surface area contributed by atoms with Crippen LogP contribution in [-0.4, -0.2) is 27.1 Å². The zero-order valence-corrected chi connectivity index (χ0v) is 8.29. The van der Waals surface area contributed by atoms with Crippen molar-refractivity contribution in [3.63, 3.8) is 0 Å². The fourth-order valence-electron chi connectivity index (χ4n) is 1.07. The van der Waals surface area contributed by atoms with E-state index in [1.165, 1.54) is 6.21 Å². The third-order valence-corrected chi connectivity index (χ3v) is 1.81. The summed E-state index contributed by atoms with van der Waals surface area (Å²) >= 11 is 0. The van der Waals surface area contributed by atoms with Gasteiger partial charge in [-0.3, -0.25) is 9.78 Å². The van der Waals surface area contributed by atoms with E-state index < -0.39 is 0 Å². The molecule has 2 aromatic heterocycles. The highest BCUT2D eigenvalue weighted by Crippen LogP contribution is 1.95. The fourth-order valence-corrected chi connectivity index (χ4v) is 1.07. The summed E-state index contributed by atoms with van der Waals surface area (Å²) in [4.78, 5) is 22.1. The van der Waals surface area contributed by atoms with Gasteiger partial charge in [0.05, 0.1) is 6.21 Å². The normalized spacial score (nSPS) is 10.5. The monoisotopic (exact) mass is 215 g/mol. The first-order valence-electron chi connectivity index (χ1n) is 4.59. The van der Waals surface area contributed by atoms with Crippen LogP contribution in [0.2, 0.25) is 0 Å². The third kappa shape index (κ3) is 2.50. The number of hydrogen-bond donors (Lipinski definition) is 2. The van der Waals surface area contributed by atoms with Gasteiger partial charge in [0.25, 0.3) is 5.91 Å². The topological polar surface area (TPSA) is 83.0 Å². The first-order chi connectivity index (χ1) is 7.86. The molecule has 0 spiro atoms. The van der Waals surface area contributed by atoms with Crippen molar-refractivity contribution >= 4 is 12.1 Å². The molecule has 0 aliphatic rings. The van der Waals surface area contributed by atoms with E-state index in [2.05, 4.69) is 25.5 Å². The average molecular weight is 215 g/mol. The zero-order valence-electron chi connectivity index (χ0n) is 8.29. The van der Waals surface area contributed by atoms with Crippen molar-refractivity contribution in [2.45, 2.75) is 0 Å². The number of imidazole rings is 1. The molecule has 2 aromatic rings. The van der Waals surface area contributed by atoms with E-state index in [-0.39, 0.29) is 5.91 Å². The molecule has 16 heavy (non-hydrogen) atoms. The first kappa shape index (κ1) is 10.0. The Bertz CT molecular complexity index is 477. The van der Waals surface area contributed by atoms with Crippen LogP contribution in [0, 0.1) is 0 Å². The van der Waals surface area contributed by atoms with Gasteiger partial charge in [-0.1, -0.05) is 0 Å². The second-order valence-electron chi connectivity index (χ2n) is 2.91. The molecule has 2 heterocycles. The lowest BCUT2D eigenvalue weighted by Crippen LogP contribution is -2.17. The Balaban J connectivity index is 1.94. The van der Waals surface area contributed by atoms with E-state index in [4.69, 9.17) is 0 Å². The minimum atomic E-state index is -0.287. The summed E-state index contributed by atoms with van der Waals surface area (Å²) < 4.78 is 0. The predicted molar refractivity (Wildman–Crippen MR) is 57.9 cm³/mol. The quantitative estimate of drug-likeness (QED) is 0.580. The molecule has 0 aromatic carbocycles. The van der Waals surface area contributed by atoms with E-state index in [1.54, 1.807) is 36.9 Å². The van der Waals surface area contributed by atoms with Crippen LogP contribution in [-0.2, 0) is 0 Å². The number of hydrazone groups is 1. The summed E-state index contributed by atoms with van der Waals surface area (Å²) in [5.41, 5.74) is 2.89. The number of nitrogens with zero attached hydrogens (tertiary/aromatic N) is 3. The number of hydrogen-bond acceptors (Lipinski definition) is 4. The van der Waals surface area contributed by atoms with Gasteiger partial charge < -0.3 is 4.98 Å². The van der Waals surface area contributed by atoms with Gasteiger partial charge in [0.1, 0.15) is 5.82 Å². The van der Waals surface area contributed by atoms with Crippen LogP contribution in [0.15, 0.2) is 42.0 Å². The number of aromatic nitrogens is 3. The molecular formula is C10H9N5O. The van der Waals surface area contributed by atoms with Gasteiger partial charge in [0.2, 0.25) is 0 Å². The first-order valence-corrected chi connectivity index (χ1v) is 4.59. The molecular weight excluding hydrogens is 206 g/mol. The van der Waals surface area contributed by atoms with Gasteiger partial charge in [-0.2, -0.15) is 5.10 Å². The lowest BCUT2D eigenvalue weighted by molar-refractivity contribution is 0.0955. The van der Waals surface area contributed by atoms with Crippen LogP contribution in [0.25, 0.3) is 0 Å². The summed E-state index contributed by atoms with van der Waals surface area (Å²) in [7, 11) is 0. The summed E-state index contributed by atoms with van der Waals surface area (Å²) in [6.07, 6.45) is 7.80. The van der Waals surface area contributed by atoms with E-state index in [1.807, 2.05) is 0 Å². The van der Waals surface area contributed by atoms with Gasteiger partial charge in [-0.25, -0.2) is 10.4 Å². The standard InChI is InChI=1S/C10H9N5O/c16-10(8-1-3-11-4-2-8)15-14-7-9-12-5-6-13-9/h1-7H,(H,12,13)(H,15,16)/b14-7-. The Kier molecular flexibility index (Phi) is 3.03. The summed E-state index contributed by atoms with van der Waals surface area (Å²) in [6.45, 7) is 0. The number of aromatic amines is 1. The molecule has 80 valence electrons. The molecule has 0 aliphatic heterocycles.